The molecule has 2 aromatic carbocycles. The molecule has 2 saturated heterocycles. The van der Waals surface area contributed by atoms with Crippen LogP contribution in [0.5, 0.6) is 0 Å². The average Bonchev–Trinajstić information content (AvgIpc) is 2.81. The van der Waals surface area contributed by atoms with E-state index in [4.69, 9.17) is 0 Å². The molecular formula is C26H35N3. The third-order valence-corrected chi connectivity index (χ3v) is 7.13. The van der Waals surface area contributed by atoms with E-state index in [1.54, 1.807) is 0 Å². The van der Waals surface area contributed by atoms with Gasteiger partial charge < -0.3 is 9.80 Å². The van der Waals surface area contributed by atoms with E-state index < -0.39 is 5.41 Å². The summed E-state index contributed by atoms with van der Waals surface area (Å²) in [6, 6.07) is 18.0. The fraction of sp³-hybridized carbons (Fsp3) is 0.577. The summed E-state index contributed by atoms with van der Waals surface area (Å²) < 4.78 is 0. The first kappa shape index (κ1) is 20.4. The zero-order valence-corrected chi connectivity index (χ0v) is 17.8. The molecule has 0 saturated carbocycles. The molecule has 3 nitrogen and oxygen atoms in total. The molecule has 0 bridgehead atoms. The van der Waals surface area contributed by atoms with Gasteiger partial charge in [-0.25, -0.2) is 0 Å². The molecule has 2 aliphatic heterocycles. The van der Waals surface area contributed by atoms with E-state index in [-0.39, 0.29) is 0 Å². The Kier molecular flexibility index (Phi) is 6.85. The van der Waals surface area contributed by atoms with Crippen LogP contribution in [0.3, 0.4) is 0 Å². The number of benzene rings is 2. The highest BCUT2D eigenvalue weighted by molar-refractivity contribution is 5.87. The molecule has 2 aliphatic rings. The van der Waals surface area contributed by atoms with E-state index in [0.29, 0.717) is 0 Å². The van der Waals surface area contributed by atoms with Crippen LogP contribution < -0.4 is 0 Å². The van der Waals surface area contributed by atoms with Crippen molar-refractivity contribution >= 4 is 10.8 Å². The number of fused-ring (bicyclic) bond motifs is 1. The van der Waals surface area contributed by atoms with Crippen LogP contribution in [0.15, 0.2) is 42.5 Å². The second kappa shape index (κ2) is 9.74. The van der Waals surface area contributed by atoms with Crippen LogP contribution in [0, 0.1) is 11.3 Å². The summed E-state index contributed by atoms with van der Waals surface area (Å²) in [5, 5.41) is 13.1. The van der Waals surface area contributed by atoms with Crippen molar-refractivity contribution in [2.45, 2.75) is 56.8 Å². The molecule has 4 rings (SSSR count). The van der Waals surface area contributed by atoms with Crippen LogP contribution in [0.25, 0.3) is 10.8 Å². The van der Waals surface area contributed by atoms with Gasteiger partial charge in [0.25, 0.3) is 0 Å². The largest absolute Gasteiger partial charge is 0.303 e. The quantitative estimate of drug-likeness (QED) is 0.639. The maximum Gasteiger partial charge on any atom is 0.0852 e. The van der Waals surface area contributed by atoms with E-state index in [1.165, 1.54) is 81.0 Å². The molecule has 0 amide bonds. The third-order valence-electron chi connectivity index (χ3n) is 7.13. The molecular weight excluding hydrogens is 354 g/mol. The van der Waals surface area contributed by atoms with Gasteiger partial charge in [0.15, 0.2) is 0 Å². The lowest BCUT2D eigenvalue weighted by Gasteiger charge is -2.35. The summed E-state index contributed by atoms with van der Waals surface area (Å²) >= 11 is 0. The van der Waals surface area contributed by atoms with Gasteiger partial charge in [-0.2, -0.15) is 5.26 Å². The van der Waals surface area contributed by atoms with Gasteiger partial charge in [-0.05, 0) is 94.1 Å². The summed E-state index contributed by atoms with van der Waals surface area (Å²) in [7, 11) is 0. The van der Waals surface area contributed by atoms with E-state index in [9.17, 15) is 5.26 Å². The second-order valence-corrected chi connectivity index (χ2v) is 9.03. The maximum absolute atomic E-state index is 10.6. The topological polar surface area (TPSA) is 30.3 Å². The normalized spacial score (nSPS) is 19.3. The van der Waals surface area contributed by atoms with Crippen LogP contribution in [0.4, 0.5) is 0 Å². The summed E-state index contributed by atoms with van der Waals surface area (Å²) in [5.41, 5.74) is 0.836. The molecule has 29 heavy (non-hydrogen) atoms. The van der Waals surface area contributed by atoms with Crippen molar-refractivity contribution in [1.29, 1.82) is 5.26 Å². The maximum atomic E-state index is 10.6. The third kappa shape index (κ3) is 4.82. The summed E-state index contributed by atoms with van der Waals surface area (Å²) in [5.74, 6) is 0. The van der Waals surface area contributed by atoms with Gasteiger partial charge in [-0.15, -0.1) is 0 Å². The molecule has 0 aliphatic carbocycles. The van der Waals surface area contributed by atoms with Gasteiger partial charge >= 0.3 is 0 Å². The Morgan fingerprint density at radius 3 is 1.86 bits per heavy atom. The lowest BCUT2D eigenvalue weighted by molar-refractivity contribution is 0.190. The predicted octanol–water partition coefficient (Wildman–Crippen LogP) is 5.35. The van der Waals surface area contributed by atoms with Crippen LogP contribution in [0.2, 0.25) is 0 Å². The Morgan fingerprint density at radius 1 is 0.724 bits per heavy atom. The molecule has 2 aromatic rings. The number of nitrogens with zero attached hydrogens (tertiary/aromatic N) is 3. The molecule has 3 heteroatoms. The predicted molar refractivity (Wildman–Crippen MR) is 121 cm³/mol. The van der Waals surface area contributed by atoms with E-state index in [1.807, 2.05) is 0 Å². The Bertz CT molecular complexity index is 798. The van der Waals surface area contributed by atoms with E-state index in [0.717, 1.165) is 25.9 Å². The van der Waals surface area contributed by atoms with E-state index in [2.05, 4.69) is 58.3 Å². The first-order chi connectivity index (χ1) is 14.3. The Morgan fingerprint density at radius 2 is 1.28 bits per heavy atom. The standard InChI is InChI=1S/C26H35N3/c27-22-26(14-20-28-16-5-1-6-17-28,15-21-29-18-7-2-8-19-29)25-13-9-11-23-10-3-4-12-24(23)25/h3-4,9-13H,1-2,5-8,14-21H2. The average molecular weight is 390 g/mol. The minimum atomic E-state index is -0.407. The molecule has 0 atom stereocenters. The van der Waals surface area contributed by atoms with Crippen LogP contribution in [0.1, 0.15) is 56.9 Å². The molecule has 0 N–H and O–H groups in total. The van der Waals surface area contributed by atoms with E-state index >= 15 is 0 Å². The minimum Gasteiger partial charge on any atom is -0.303 e. The first-order valence-corrected chi connectivity index (χ1v) is 11.6. The van der Waals surface area contributed by atoms with Gasteiger partial charge in [-0.1, -0.05) is 55.3 Å². The number of nitriles is 1. The molecule has 0 radical (unpaired) electrons. The zero-order valence-electron chi connectivity index (χ0n) is 17.8. The molecule has 0 aromatic heterocycles. The van der Waals surface area contributed by atoms with Crippen molar-refractivity contribution in [3.05, 3.63) is 48.0 Å². The molecule has 0 unspecified atom stereocenters. The van der Waals surface area contributed by atoms with Crippen molar-refractivity contribution in [2.24, 2.45) is 0 Å². The van der Waals surface area contributed by atoms with Crippen LogP contribution in [-0.4, -0.2) is 49.1 Å². The number of rotatable bonds is 7. The fourth-order valence-electron chi connectivity index (χ4n) is 5.27. The highest BCUT2D eigenvalue weighted by Crippen LogP contribution is 2.37. The van der Waals surface area contributed by atoms with Gasteiger partial charge in [0.1, 0.15) is 0 Å². The number of hydrogen-bond acceptors (Lipinski definition) is 3. The Hall–Kier alpha value is -1.89. The molecule has 2 fully saturated rings. The fourth-order valence-corrected chi connectivity index (χ4v) is 5.27. The number of likely N-dealkylation sites (tertiary alicyclic amines) is 2. The van der Waals surface area contributed by atoms with Crippen molar-refractivity contribution < 1.29 is 0 Å². The van der Waals surface area contributed by atoms with Crippen molar-refractivity contribution in [3.8, 4) is 6.07 Å². The van der Waals surface area contributed by atoms with Gasteiger partial charge in [0.05, 0.1) is 11.5 Å². The summed E-state index contributed by atoms with van der Waals surface area (Å²) in [4.78, 5) is 5.17. The molecule has 2 heterocycles. The van der Waals surface area contributed by atoms with Crippen LogP contribution in [-0.2, 0) is 5.41 Å². The summed E-state index contributed by atoms with van der Waals surface area (Å²) in [6.07, 6.45) is 9.82. The van der Waals surface area contributed by atoms with Crippen molar-refractivity contribution in [3.63, 3.8) is 0 Å². The smallest absolute Gasteiger partial charge is 0.0852 e. The van der Waals surface area contributed by atoms with Gasteiger partial charge in [0, 0.05) is 0 Å². The van der Waals surface area contributed by atoms with Crippen LogP contribution >= 0.6 is 0 Å². The SMILES string of the molecule is N#CC(CCN1CCCCC1)(CCN1CCCCC1)c1cccc2ccccc12. The lowest BCUT2D eigenvalue weighted by Crippen LogP contribution is -2.39. The Labute approximate surface area is 176 Å². The van der Waals surface area contributed by atoms with Crippen molar-refractivity contribution in [1.82, 2.24) is 9.80 Å². The second-order valence-electron chi connectivity index (χ2n) is 9.03. The highest BCUT2D eigenvalue weighted by atomic mass is 15.1. The summed E-state index contributed by atoms with van der Waals surface area (Å²) in [6.45, 7) is 6.87. The minimum absolute atomic E-state index is 0.407. The highest BCUT2D eigenvalue weighted by Gasteiger charge is 2.34. The number of hydrogen-bond donors (Lipinski definition) is 0. The Balaban J connectivity index is 1.61. The van der Waals surface area contributed by atoms with Gasteiger partial charge in [0.2, 0.25) is 0 Å². The molecule has 0 spiro atoms. The molecule has 154 valence electrons. The van der Waals surface area contributed by atoms with Crippen molar-refractivity contribution in [2.75, 3.05) is 39.3 Å². The monoisotopic (exact) mass is 389 g/mol. The lowest BCUT2D eigenvalue weighted by atomic mass is 9.74. The number of piperidine rings is 2. The zero-order chi connectivity index (χ0) is 19.9. The van der Waals surface area contributed by atoms with Gasteiger partial charge in [-0.3, -0.25) is 0 Å². The first-order valence-electron chi connectivity index (χ1n) is 11.6.